The van der Waals surface area contributed by atoms with Crippen molar-refractivity contribution in [2.45, 2.75) is 20.8 Å². The molecule has 2 amide bonds. The van der Waals surface area contributed by atoms with Gasteiger partial charge in [-0.15, -0.1) is 0 Å². The summed E-state index contributed by atoms with van der Waals surface area (Å²) in [6.07, 6.45) is 8.36. The normalized spacial score (nSPS) is 9.83. The first-order valence-corrected chi connectivity index (χ1v) is 15.8. The molecule has 0 atom stereocenters. The maximum absolute atomic E-state index is 12.3. The minimum absolute atomic E-state index is 0.0936. The van der Waals surface area contributed by atoms with Gasteiger partial charge in [0.05, 0.1) is 5.69 Å². The summed E-state index contributed by atoms with van der Waals surface area (Å²) in [4.78, 5) is 57.1. The molecule has 52 heavy (non-hydrogen) atoms. The Morgan fingerprint density at radius 3 is 1.17 bits per heavy atom. The molecule has 6 aromatic rings. The summed E-state index contributed by atoms with van der Waals surface area (Å²) in [5, 5.41) is 5.83. The van der Waals surface area contributed by atoms with Crippen LogP contribution in [0.1, 0.15) is 37.9 Å². The van der Waals surface area contributed by atoms with Gasteiger partial charge in [-0.2, -0.15) is 19.2 Å². The highest BCUT2D eigenvalue weighted by Gasteiger charge is 2.13. The van der Waals surface area contributed by atoms with E-state index in [-0.39, 0.29) is 24.1 Å². The number of nitrogen functional groups attached to an aromatic ring is 1. The summed E-state index contributed by atoms with van der Waals surface area (Å²) < 4.78 is 7.74. The zero-order valence-electron chi connectivity index (χ0n) is 30.1. The van der Waals surface area contributed by atoms with Gasteiger partial charge in [0.2, 0.25) is 0 Å². The molecule has 0 radical (unpaired) electrons. The van der Waals surface area contributed by atoms with Crippen molar-refractivity contribution in [3.05, 3.63) is 126 Å². The van der Waals surface area contributed by atoms with E-state index in [1.54, 1.807) is 23.9 Å². The minimum Gasteiger partial charge on any atom is -0.397 e. The summed E-state index contributed by atoms with van der Waals surface area (Å²) in [6, 6.07) is 23.6. The molecule has 4 aromatic heterocycles. The van der Waals surface area contributed by atoms with Crippen molar-refractivity contribution in [2.24, 2.45) is 28.2 Å². The molecule has 0 spiro atoms. The lowest BCUT2D eigenvalue weighted by atomic mass is 10.1. The highest BCUT2D eigenvalue weighted by Crippen LogP contribution is 2.25. The van der Waals surface area contributed by atoms with E-state index in [1.807, 2.05) is 93.4 Å². The van der Waals surface area contributed by atoms with Crippen LogP contribution in [0.15, 0.2) is 97.6 Å². The van der Waals surface area contributed by atoms with Gasteiger partial charge in [-0.3, -0.25) is 9.59 Å². The largest absolute Gasteiger partial charge is 0.397 e. The monoisotopic (exact) mass is 703 g/mol. The number of hydrogen-bond donors (Lipinski definition) is 3. The maximum atomic E-state index is 12.3. The predicted octanol–water partition coefficient (Wildman–Crippen LogP) is 5.91. The van der Waals surface area contributed by atoms with Crippen LogP contribution in [0, 0.1) is 20.8 Å². The van der Waals surface area contributed by atoms with E-state index in [0.717, 1.165) is 33.6 Å². The molecule has 4 N–H and O–H groups in total. The number of aryl methyl sites for hydroxylation is 7. The molecule has 13 heteroatoms. The first kappa shape index (κ1) is 39.5. The summed E-state index contributed by atoms with van der Waals surface area (Å²) in [5.41, 5.74) is 17.1. The Balaban J connectivity index is 0.000000244. The predicted molar refractivity (Wildman–Crippen MR) is 197 cm³/mol. The van der Waals surface area contributed by atoms with Gasteiger partial charge in [0, 0.05) is 75.7 Å². The first-order chi connectivity index (χ1) is 24.7. The maximum Gasteiger partial charge on any atom is 0.373 e. The highest BCUT2D eigenvalue weighted by atomic mass is 16.2. The van der Waals surface area contributed by atoms with E-state index in [9.17, 15) is 9.59 Å². The van der Waals surface area contributed by atoms with E-state index in [4.69, 9.17) is 24.9 Å². The van der Waals surface area contributed by atoms with Crippen LogP contribution in [0.3, 0.4) is 0 Å². The molecule has 0 unspecified atom stereocenters. The SMILES string of the molecule is Cc1cc(-c2ccc(NC(=O)c3cc(N)cn3C)cc2)cn1C.Cc1cc(C(=O)Nc2ccc(-c3cc(C)n(C)c3)cc2)n(C)c1.O=C=O.O=C=O. The molecule has 2 aromatic carbocycles. The number of amides is 2. The molecular weight excluding hydrogens is 662 g/mol. The Morgan fingerprint density at radius 2 is 0.885 bits per heavy atom. The third-order valence-corrected chi connectivity index (χ3v) is 8.09. The minimum atomic E-state index is -0.174. The van der Waals surface area contributed by atoms with Crippen LogP contribution >= 0.6 is 0 Å². The van der Waals surface area contributed by atoms with Gasteiger partial charge < -0.3 is 34.6 Å². The number of benzene rings is 2. The summed E-state index contributed by atoms with van der Waals surface area (Å²) in [5.74, 6) is -0.267. The van der Waals surface area contributed by atoms with Crippen LogP contribution in [-0.2, 0) is 47.4 Å². The Morgan fingerprint density at radius 1 is 0.519 bits per heavy atom. The van der Waals surface area contributed by atoms with Crippen LogP contribution in [0.5, 0.6) is 0 Å². The van der Waals surface area contributed by atoms with Crippen molar-refractivity contribution >= 4 is 41.2 Å². The number of carbonyl (C=O) groups excluding carboxylic acids is 6. The Bertz CT molecular complexity index is 2010. The van der Waals surface area contributed by atoms with E-state index in [0.29, 0.717) is 17.1 Å². The topological polar surface area (TPSA) is 172 Å². The summed E-state index contributed by atoms with van der Waals surface area (Å²) in [7, 11) is 7.74. The summed E-state index contributed by atoms with van der Waals surface area (Å²) >= 11 is 0. The third kappa shape index (κ3) is 10.5. The van der Waals surface area contributed by atoms with Crippen molar-refractivity contribution in [1.29, 1.82) is 0 Å². The van der Waals surface area contributed by atoms with Crippen molar-refractivity contribution in [3.8, 4) is 22.3 Å². The lowest BCUT2D eigenvalue weighted by Crippen LogP contribution is -2.15. The molecular formula is C39H41N7O6. The second kappa shape index (κ2) is 18.2. The van der Waals surface area contributed by atoms with Crippen LogP contribution in [0.4, 0.5) is 17.1 Å². The lowest BCUT2D eigenvalue weighted by Gasteiger charge is -2.07. The number of nitrogens with zero attached hydrogens (tertiary/aromatic N) is 4. The lowest BCUT2D eigenvalue weighted by molar-refractivity contribution is -0.193. The average Bonchev–Trinajstić information content (AvgIpc) is 3.83. The molecule has 0 bridgehead atoms. The molecule has 268 valence electrons. The summed E-state index contributed by atoms with van der Waals surface area (Å²) in [6.45, 7) is 6.14. The van der Waals surface area contributed by atoms with Crippen molar-refractivity contribution < 1.29 is 28.8 Å². The number of anilines is 3. The van der Waals surface area contributed by atoms with Crippen molar-refractivity contribution in [2.75, 3.05) is 16.4 Å². The number of nitrogens with one attached hydrogen (secondary N) is 2. The number of aromatic nitrogens is 4. The molecule has 13 nitrogen and oxygen atoms in total. The Labute approximate surface area is 301 Å². The van der Waals surface area contributed by atoms with E-state index in [1.165, 1.54) is 17.0 Å². The van der Waals surface area contributed by atoms with Gasteiger partial charge >= 0.3 is 12.3 Å². The zero-order valence-corrected chi connectivity index (χ0v) is 30.1. The number of hydrogen-bond acceptors (Lipinski definition) is 7. The molecule has 0 fully saturated rings. The van der Waals surface area contributed by atoms with Gasteiger partial charge in [-0.05, 0) is 97.1 Å². The van der Waals surface area contributed by atoms with Gasteiger partial charge in [0.1, 0.15) is 11.4 Å². The molecule has 0 saturated heterocycles. The van der Waals surface area contributed by atoms with Crippen LogP contribution < -0.4 is 16.4 Å². The fourth-order valence-corrected chi connectivity index (χ4v) is 5.32. The van der Waals surface area contributed by atoms with E-state index in [2.05, 4.69) is 58.1 Å². The van der Waals surface area contributed by atoms with E-state index < -0.39 is 0 Å². The zero-order chi connectivity index (χ0) is 38.5. The van der Waals surface area contributed by atoms with Crippen LogP contribution in [0.2, 0.25) is 0 Å². The van der Waals surface area contributed by atoms with Gasteiger partial charge in [0.25, 0.3) is 11.8 Å². The van der Waals surface area contributed by atoms with Crippen LogP contribution in [0.25, 0.3) is 22.3 Å². The van der Waals surface area contributed by atoms with Crippen molar-refractivity contribution in [3.63, 3.8) is 0 Å². The standard InChI is InChI=1S/C19H21N3O.C18H20N4O.2CO2/c1-13-9-18(22(4)11-13)19(23)20-17-7-5-15(6-8-17)16-10-14(2)21(3)12-16;1-12-8-14(10-21(12)2)13-4-6-16(7-5-13)20-18(23)17-9-15(19)11-22(17)3;2*2-1-3/h5-12H,1-4H3,(H,20,23);4-11H,19H2,1-3H3,(H,20,23);;. The smallest absolute Gasteiger partial charge is 0.373 e. The molecule has 0 aliphatic carbocycles. The van der Waals surface area contributed by atoms with Gasteiger partial charge in [-0.1, -0.05) is 24.3 Å². The average molecular weight is 704 g/mol. The molecule has 4 heterocycles. The molecule has 0 saturated carbocycles. The highest BCUT2D eigenvalue weighted by molar-refractivity contribution is 6.04. The fraction of sp³-hybridized carbons (Fsp3) is 0.179. The molecule has 0 aliphatic heterocycles. The van der Waals surface area contributed by atoms with Gasteiger partial charge in [0.15, 0.2) is 0 Å². The molecule has 6 rings (SSSR count). The van der Waals surface area contributed by atoms with Crippen molar-refractivity contribution in [1.82, 2.24) is 18.3 Å². The quantitative estimate of drug-likeness (QED) is 0.194. The van der Waals surface area contributed by atoms with E-state index >= 15 is 0 Å². The van der Waals surface area contributed by atoms with Crippen LogP contribution in [-0.4, -0.2) is 42.4 Å². The third-order valence-electron chi connectivity index (χ3n) is 8.09. The second-order valence-electron chi connectivity index (χ2n) is 12.0. The molecule has 0 aliphatic rings. The number of rotatable bonds is 6. The first-order valence-electron chi connectivity index (χ1n) is 15.8. The number of carbonyl (C=O) groups is 2. The fourth-order valence-electron chi connectivity index (χ4n) is 5.32. The van der Waals surface area contributed by atoms with Gasteiger partial charge in [-0.25, -0.2) is 0 Å². The Kier molecular flexibility index (Phi) is 13.8. The Hall–Kier alpha value is -6.94. The number of nitrogens with two attached hydrogens (primary N) is 1. The second-order valence-corrected chi connectivity index (χ2v) is 12.0.